The third kappa shape index (κ3) is 3.95. The summed E-state index contributed by atoms with van der Waals surface area (Å²) in [6, 6.07) is 14.8. The summed E-state index contributed by atoms with van der Waals surface area (Å²) < 4.78 is 0. The van der Waals surface area contributed by atoms with E-state index >= 15 is 0 Å². The van der Waals surface area contributed by atoms with E-state index in [1.54, 1.807) is 31.3 Å². The second kappa shape index (κ2) is 7.41. The zero-order valence-electron chi connectivity index (χ0n) is 12.8. The molecule has 0 saturated carbocycles. The first-order valence-corrected chi connectivity index (χ1v) is 7.32. The van der Waals surface area contributed by atoms with Crippen molar-refractivity contribution in [2.75, 3.05) is 7.05 Å². The van der Waals surface area contributed by atoms with E-state index in [0.29, 0.717) is 17.7 Å². The molecule has 114 valence electrons. The Bertz CT molecular complexity index is 663. The molecule has 2 aromatic rings. The highest BCUT2D eigenvalue weighted by Gasteiger charge is 2.09. The Morgan fingerprint density at radius 2 is 1.50 bits per heavy atom. The Balaban J connectivity index is 2.01. The number of aryl methyl sites for hydroxylation is 1. The molecule has 2 N–H and O–H groups in total. The maximum atomic E-state index is 12.2. The number of benzene rings is 2. The van der Waals surface area contributed by atoms with Crippen LogP contribution in [0.25, 0.3) is 0 Å². The summed E-state index contributed by atoms with van der Waals surface area (Å²) in [5.41, 5.74) is 3.27. The van der Waals surface area contributed by atoms with Gasteiger partial charge in [0, 0.05) is 24.7 Å². The van der Waals surface area contributed by atoms with E-state index in [1.165, 1.54) is 5.56 Å². The molecule has 2 amide bonds. The molecule has 0 unspecified atom stereocenters. The number of carbonyl (C=O) groups is 2. The lowest BCUT2D eigenvalue weighted by Crippen LogP contribution is -2.24. The van der Waals surface area contributed by atoms with Crippen molar-refractivity contribution < 1.29 is 9.59 Å². The van der Waals surface area contributed by atoms with Crippen molar-refractivity contribution in [3.63, 3.8) is 0 Å². The molecular formula is C18H20N2O2. The zero-order chi connectivity index (χ0) is 15.9. The number of rotatable bonds is 5. The monoisotopic (exact) mass is 296 g/mol. The van der Waals surface area contributed by atoms with Gasteiger partial charge < -0.3 is 10.6 Å². The minimum atomic E-state index is -0.204. The summed E-state index contributed by atoms with van der Waals surface area (Å²) in [5, 5.41) is 5.41. The van der Waals surface area contributed by atoms with Crippen molar-refractivity contribution in [3.05, 3.63) is 70.8 Å². The van der Waals surface area contributed by atoms with Crippen LogP contribution in [0.15, 0.2) is 48.5 Å². The van der Waals surface area contributed by atoms with E-state index < -0.39 is 0 Å². The van der Waals surface area contributed by atoms with Gasteiger partial charge in [0.05, 0.1) is 0 Å². The Kier molecular flexibility index (Phi) is 5.31. The van der Waals surface area contributed by atoms with Gasteiger partial charge in [-0.25, -0.2) is 0 Å². The second-order valence-electron chi connectivity index (χ2n) is 5.01. The summed E-state index contributed by atoms with van der Waals surface area (Å²) in [4.78, 5) is 23.7. The highest BCUT2D eigenvalue weighted by atomic mass is 16.2. The standard InChI is InChI=1S/C18H20N2O2/c1-3-13-7-9-14(10-8-13)12-20-18(22)16-6-4-5-15(11-16)17(21)19-2/h4-11H,3,12H2,1-2H3,(H,19,21)(H,20,22). The van der Waals surface area contributed by atoms with Crippen LogP contribution in [0.4, 0.5) is 0 Å². The molecule has 2 rings (SSSR count). The van der Waals surface area contributed by atoms with Gasteiger partial charge in [-0.3, -0.25) is 9.59 Å². The lowest BCUT2D eigenvalue weighted by atomic mass is 10.1. The zero-order valence-corrected chi connectivity index (χ0v) is 12.8. The van der Waals surface area contributed by atoms with Crippen LogP contribution in [0.2, 0.25) is 0 Å². The third-order valence-electron chi connectivity index (χ3n) is 3.50. The summed E-state index contributed by atoms with van der Waals surface area (Å²) in [6.45, 7) is 2.57. The van der Waals surface area contributed by atoms with E-state index in [4.69, 9.17) is 0 Å². The molecule has 0 aromatic heterocycles. The average molecular weight is 296 g/mol. The smallest absolute Gasteiger partial charge is 0.251 e. The molecule has 4 heteroatoms. The Morgan fingerprint density at radius 1 is 0.909 bits per heavy atom. The maximum absolute atomic E-state index is 12.2. The average Bonchev–Trinajstić information content (AvgIpc) is 2.59. The molecule has 4 nitrogen and oxygen atoms in total. The first kappa shape index (κ1) is 15.8. The van der Waals surface area contributed by atoms with E-state index in [9.17, 15) is 9.59 Å². The van der Waals surface area contributed by atoms with Gasteiger partial charge in [0.15, 0.2) is 0 Å². The van der Waals surface area contributed by atoms with Crippen LogP contribution in [0, 0.1) is 0 Å². The van der Waals surface area contributed by atoms with Crippen molar-refractivity contribution in [3.8, 4) is 0 Å². The van der Waals surface area contributed by atoms with E-state index in [1.807, 2.05) is 12.1 Å². The summed E-state index contributed by atoms with van der Waals surface area (Å²) >= 11 is 0. The van der Waals surface area contributed by atoms with Gasteiger partial charge in [-0.05, 0) is 35.7 Å². The molecular weight excluding hydrogens is 276 g/mol. The Labute approximate surface area is 130 Å². The number of hydrogen-bond acceptors (Lipinski definition) is 2. The van der Waals surface area contributed by atoms with Gasteiger partial charge in [-0.1, -0.05) is 37.3 Å². The summed E-state index contributed by atoms with van der Waals surface area (Å²) in [7, 11) is 1.56. The minimum absolute atomic E-state index is 0.190. The van der Waals surface area contributed by atoms with Gasteiger partial charge in [0.2, 0.25) is 0 Å². The molecule has 0 fully saturated rings. The largest absolute Gasteiger partial charge is 0.355 e. The van der Waals surface area contributed by atoms with Crippen LogP contribution in [0.1, 0.15) is 38.8 Å². The van der Waals surface area contributed by atoms with Crippen LogP contribution < -0.4 is 10.6 Å². The van der Waals surface area contributed by atoms with Crippen molar-refractivity contribution >= 4 is 11.8 Å². The quantitative estimate of drug-likeness (QED) is 0.891. The molecule has 0 radical (unpaired) electrons. The molecule has 0 atom stereocenters. The van der Waals surface area contributed by atoms with Crippen molar-refractivity contribution in [1.29, 1.82) is 0 Å². The van der Waals surface area contributed by atoms with Gasteiger partial charge in [0.25, 0.3) is 11.8 Å². The highest BCUT2D eigenvalue weighted by Crippen LogP contribution is 2.07. The first-order valence-electron chi connectivity index (χ1n) is 7.32. The second-order valence-corrected chi connectivity index (χ2v) is 5.01. The molecule has 0 heterocycles. The highest BCUT2D eigenvalue weighted by molar-refractivity contribution is 5.99. The van der Waals surface area contributed by atoms with Crippen LogP contribution >= 0.6 is 0 Å². The minimum Gasteiger partial charge on any atom is -0.355 e. The van der Waals surface area contributed by atoms with E-state index in [2.05, 4.69) is 29.7 Å². The van der Waals surface area contributed by atoms with Gasteiger partial charge in [-0.15, -0.1) is 0 Å². The van der Waals surface area contributed by atoms with Crippen LogP contribution in [-0.4, -0.2) is 18.9 Å². The lowest BCUT2D eigenvalue weighted by Gasteiger charge is -2.07. The van der Waals surface area contributed by atoms with Crippen molar-refractivity contribution in [2.45, 2.75) is 19.9 Å². The normalized spacial score (nSPS) is 10.1. The van der Waals surface area contributed by atoms with Gasteiger partial charge in [0.1, 0.15) is 0 Å². The van der Waals surface area contributed by atoms with Crippen molar-refractivity contribution in [2.24, 2.45) is 0 Å². The maximum Gasteiger partial charge on any atom is 0.251 e. The molecule has 0 saturated heterocycles. The fourth-order valence-electron chi connectivity index (χ4n) is 2.12. The summed E-state index contributed by atoms with van der Waals surface area (Å²) in [6.07, 6.45) is 0.999. The molecule has 22 heavy (non-hydrogen) atoms. The van der Waals surface area contributed by atoms with E-state index in [0.717, 1.165) is 12.0 Å². The Morgan fingerprint density at radius 3 is 2.09 bits per heavy atom. The third-order valence-corrected chi connectivity index (χ3v) is 3.50. The predicted molar refractivity (Wildman–Crippen MR) is 86.8 cm³/mol. The fraction of sp³-hybridized carbons (Fsp3) is 0.222. The first-order chi connectivity index (χ1) is 10.6. The SMILES string of the molecule is CCc1ccc(CNC(=O)c2cccc(C(=O)NC)c2)cc1. The van der Waals surface area contributed by atoms with Crippen LogP contribution in [-0.2, 0) is 13.0 Å². The topological polar surface area (TPSA) is 58.2 Å². The molecule has 0 aliphatic rings. The van der Waals surface area contributed by atoms with Gasteiger partial charge in [-0.2, -0.15) is 0 Å². The van der Waals surface area contributed by atoms with Crippen LogP contribution in [0.5, 0.6) is 0 Å². The lowest BCUT2D eigenvalue weighted by molar-refractivity contribution is 0.0951. The fourth-order valence-corrected chi connectivity index (χ4v) is 2.12. The molecule has 0 spiro atoms. The number of amides is 2. The van der Waals surface area contributed by atoms with Crippen LogP contribution in [0.3, 0.4) is 0 Å². The van der Waals surface area contributed by atoms with Gasteiger partial charge >= 0.3 is 0 Å². The number of hydrogen-bond donors (Lipinski definition) is 2. The predicted octanol–water partition coefficient (Wildman–Crippen LogP) is 2.54. The van der Waals surface area contributed by atoms with Crippen molar-refractivity contribution in [1.82, 2.24) is 10.6 Å². The number of carbonyl (C=O) groups excluding carboxylic acids is 2. The molecule has 0 bridgehead atoms. The Hall–Kier alpha value is -2.62. The molecule has 0 aliphatic heterocycles. The van der Waals surface area contributed by atoms with E-state index in [-0.39, 0.29) is 11.8 Å². The summed E-state index contributed by atoms with van der Waals surface area (Å²) in [5.74, 6) is -0.393. The molecule has 0 aliphatic carbocycles. The molecule has 2 aromatic carbocycles. The number of nitrogens with one attached hydrogen (secondary N) is 2.